The van der Waals surface area contributed by atoms with Gasteiger partial charge in [0.15, 0.2) is 0 Å². The van der Waals surface area contributed by atoms with Gasteiger partial charge in [0.1, 0.15) is 11.3 Å². The Balaban J connectivity index is 1.66. The first kappa shape index (κ1) is 17.7. The van der Waals surface area contributed by atoms with E-state index in [-0.39, 0.29) is 24.0 Å². The predicted octanol–water partition coefficient (Wildman–Crippen LogP) is 3.34. The summed E-state index contributed by atoms with van der Waals surface area (Å²) in [6, 6.07) is 9.77. The molecule has 0 bridgehead atoms. The Bertz CT molecular complexity index is 976. The van der Waals surface area contributed by atoms with E-state index in [9.17, 15) is 9.90 Å². The topological polar surface area (TPSA) is 88.3 Å². The molecule has 1 aromatic carbocycles. The average molecular weight is 365 g/mol. The van der Waals surface area contributed by atoms with E-state index in [4.69, 9.17) is 4.52 Å². The van der Waals surface area contributed by atoms with Gasteiger partial charge in [0.05, 0.1) is 23.4 Å². The minimum atomic E-state index is -0.300. The summed E-state index contributed by atoms with van der Waals surface area (Å²) in [5.41, 5.74) is 3.04. The zero-order valence-electron chi connectivity index (χ0n) is 15.5. The number of amides is 1. The van der Waals surface area contributed by atoms with E-state index in [0.29, 0.717) is 36.3 Å². The molecule has 4 rings (SSSR count). The molecule has 1 aliphatic rings. The maximum Gasteiger partial charge on any atom is 0.257 e. The highest BCUT2D eigenvalue weighted by Crippen LogP contribution is 2.38. The van der Waals surface area contributed by atoms with Gasteiger partial charge >= 0.3 is 0 Å². The zero-order valence-corrected chi connectivity index (χ0v) is 15.5. The first-order valence-electron chi connectivity index (χ1n) is 9.35. The Morgan fingerprint density at radius 3 is 2.89 bits per heavy atom. The number of nitrogens with zero attached hydrogens (tertiary/aromatic N) is 2. The number of para-hydroxylation sites is 1. The van der Waals surface area contributed by atoms with Gasteiger partial charge in [-0.25, -0.2) is 0 Å². The summed E-state index contributed by atoms with van der Waals surface area (Å²) in [7, 11) is 0. The molecule has 1 amide bonds. The van der Waals surface area contributed by atoms with Crippen LogP contribution in [0.1, 0.15) is 53.2 Å². The highest BCUT2D eigenvalue weighted by molar-refractivity contribution is 5.96. The number of aromatic nitrogens is 2. The normalized spacial score (nSPS) is 20.3. The number of aliphatic hydroxyl groups is 1. The summed E-state index contributed by atoms with van der Waals surface area (Å²) in [6.07, 6.45) is 3.48. The summed E-state index contributed by atoms with van der Waals surface area (Å²) in [5, 5.41) is 17.9. The summed E-state index contributed by atoms with van der Waals surface area (Å²) in [5.74, 6) is 0.510. The molecule has 0 aliphatic heterocycles. The van der Waals surface area contributed by atoms with E-state index < -0.39 is 0 Å². The van der Waals surface area contributed by atoms with Crippen molar-refractivity contribution >= 4 is 16.8 Å². The van der Waals surface area contributed by atoms with Gasteiger partial charge in [-0.1, -0.05) is 30.3 Å². The van der Waals surface area contributed by atoms with Crippen LogP contribution in [0.2, 0.25) is 0 Å². The van der Waals surface area contributed by atoms with Crippen molar-refractivity contribution in [1.29, 1.82) is 0 Å². The first-order valence-corrected chi connectivity index (χ1v) is 9.35. The third kappa shape index (κ3) is 3.32. The smallest absolute Gasteiger partial charge is 0.257 e. The van der Waals surface area contributed by atoms with Crippen molar-refractivity contribution in [1.82, 2.24) is 15.5 Å². The standard InChI is InChI=1S/C21H23N3O3/c1-3-17-19(12(2)27-24-17)21(26)23-20(14-9-16(25)10-14)15-8-13-6-4-5-7-18(13)22-11-15/h4-8,11,14,16,20,25H,3,9-10H2,1-2H3,(H,23,26)/t14?,16?,20-/m0/s1. The van der Waals surface area contributed by atoms with E-state index in [1.54, 1.807) is 6.92 Å². The van der Waals surface area contributed by atoms with Gasteiger partial charge in [-0.2, -0.15) is 0 Å². The number of pyridine rings is 1. The Morgan fingerprint density at radius 1 is 1.37 bits per heavy atom. The second-order valence-electron chi connectivity index (χ2n) is 7.21. The maximum atomic E-state index is 13.0. The molecule has 1 aliphatic carbocycles. The highest BCUT2D eigenvalue weighted by Gasteiger charge is 2.36. The van der Waals surface area contributed by atoms with Crippen LogP contribution in [0.5, 0.6) is 0 Å². The summed E-state index contributed by atoms with van der Waals surface area (Å²) in [4.78, 5) is 17.5. The van der Waals surface area contributed by atoms with Gasteiger partial charge in [-0.3, -0.25) is 9.78 Å². The number of aryl methyl sites for hydroxylation is 2. The molecule has 2 N–H and O–H groups in total. The fraction of sp³-hybridized carbons (Fsp3) is 0.381. The molecule has 1 atom stereocenters. The number of carbonyl (C=O) groups is 1. The Hall–Kier alpha value is -2.73. The number of nitrogens with one attached hydrogen (secondary N) is 1. The molecular formula is C21H23N3O3. The van der Waals surface area contributed by atoms with Gasteiger partial charge in [-0.05, 0) is 49.8 Å². The second-order valence-corrected chi connectivity index (χ2v) is 7.21. The maximum absolute atomic E-state index is 13.0. The zero-order chi connectivity index (χ0) is 19.0. The van der Waals surface area contributed by atoms with E-state index in [1.165, 1.54) is 0 Å². The van der Waals surface area contributed by atoms with Crippen LogP contribution in [-0.4, -0.2) is 27.3 Å². The summed E-state index contributed by atoms with van der Waals surface area (Å²) in [6.45, 7) is 3.70. The molecule has 3 aromatic rings. The lowest BCUT2D eigenvalue weighted by Crippen LogP contribution is -2.41. The molecule has 0 unspecified atom stereocenters. The van der Waals surface area contributed by atoms with Crippen LogP contribution in [-0.2, 0) is 6.42 Å². The summed E-state index contributed by atoms with van der Waals surface area (Å²) < 4.78 is 5.21. The molecular weight excluding hydrogens is 342 g/mol. The summed E-state index contributed by atoms with van der Waals surface area (Å²) >= 11 is 0. The van der Waals surface area contributed by atoms with E-state index in [1.807, 2.05) is 37.4 Å². The number of aliphatic hydroxyl groups excluding tert-OH is 1. The van der Waals surface area contributed by atoms with Crippen molar-refractivity contribution in [2.24, 2.45) is 5.92 Å². The Labute approximate surface area is 157 Å². The van der Waals surface area contributed by atoms with Crippen LogP contribution in [0.4, 0.5) is 0 Å². The molecule has 140 valence electrons. The SMILES string of the molecule is CCc1noc(C)c1C(=O)N[C@H](c1cnc2ccccc2c1)C1CC(O)C1. The number of hydrogen-bond acceptors (Lipinski definition) is 5. The fourth-order valence-electron chi connectivity index (χ4n) is 3.80. The third-order valence-electron chi connectivity index (χ3n) is 5.37. The van der Waals surface area contributed by atoms with Crippen molar-refractivity contribution in [3.05, 3.63) is 59.1 Å². The molecule has 0 radical (unpaired) electrons. The third-order valence-corrected chi connectivity index (χ3v) is 5.37. The van der Waals surface area contributed by atoms with E-state index in [0.717, 1.165) is 16.5 Å². The number of fused-ring (bicyclic) bond motifs is 1. The van der Waals surface area contributed by atoms with Crippen LogP contribution in [0.25, 0.3) is 10.9 Å². The van der Waals surface area contributed by atoms with Crippen molar-refractivity contribution < 1.29 is 14.4 Å². The van der Waals surface area contributed by atoms with Crippen molar-refractivity contribution in [2.75, 3.05) is 0 Å². The number of benzene rings is 1. The lowest BCUT2D eigenvalue weighted by Gasteiger charge is -2.38. The second kappa shape index (κ2) is 7.12. The Kier molecular flexibility index (Phi) is 4.66. The molecule has 1 fully saturated rings. The van der Waals surface area contributed by atoms with Crippen LogP contribution >= 0.6 is 0 Å². The molecule has 6 heteroatoms. The van der Waals surface area contributed by atoms with Crippen LogP contribution < -0.4 is 5.32 Å². The van der Waals surface area contributed by atoms with E-state index >= 15 is 0 Å². The molecule has 27 heavy (non-hydrogen) atoms. The van der Waals surface area contributed by atoms with Crippen molar-refractivity contribution in [3.63, 3.8) is 0 Å². The average Bonchev–Trinajstić information content (AvgIpc) is 3.04. The van der Waals surface area contributed by atoms with Gasteiger partial charge < -0.3 is 14.9 Å². The van der Waals surface area contributed by atoms with Crippen molar-refractivity contribution in [2.45, 2.75) is 45.3 Å². The van der Waals surface area contributed by atoms with Gasteiger partial charge in [0.2, 0.25) is 0 Å². The largest absolute Gasteiger partial charge is 0.393 e. The highest BCUT2D eigenvalue weighted by atomic mass is 16.5. The molecule has 0 saturated heterocycles. The fourth-order valence-corrected chi connectivity index (χ4v) is 3.80. The van der Waals surface area contributed by atoms with Gasteiger partial charge in [0.25, 0.3) is 5.91 Å². The number of hydrogen-bond donors (Lipinski definition) is 2. The molecule has 2 heterocycles. The van der Waals surface area contributed by atoms with Crippen LogP contribution in [0.15, 0.2) is 41.1 Å². The first-order chi connectivity index (χ1) is 13.1. The van der Waals surface area contributed by atoms with Crippen LogP contribution in [0.3, 0.4) is 0 Å². The minimum absolute atomic E-state index is 0.178. The minimum Gasteiger partial charge on any atom is -0.393 e. The predicted molar refractivity (Wildman–Crippen MR) is 101 cm³/mol. The van der Waals surface area contributed by atoms with Crippen molar-refractivity contribution in [3.8, 4) is 0 Å². The lowest BCUT2D eigenvalue weighted by atomic mass is 9.75. The monoisotopic (exact) mass is 365 g/mol. The van der Waals surface area contributed by atoms with Crippen LogP contribution in [0, 0.1) is 12.8 Å². The quantitative estimate of drug-likeness (QED) is 0.724. The molecule has 6 nitrogen and oxygen atoms in total. The molecule has 2 aromatic heterocycles. The number of carbonyl (C=O) groups excluding carboxylic acids is 1. The van der Waals surface area contributed by atoms with E-state index in [2.05, 4.69) is 21.5 Å². The van der Waals surface area contributed by atoms with Gasteiger partial charge in [0, 0.05) is 11.6 Å². The molecule has 1 saturated carbocycles. The lowest BCUT2D eigenvalue weighted by molar-refractivity contribution is 0.0234. The number of rotatable bonds is 5. The van der Waals surface area contributed by atoms with Gasteiger partial charge in [-0.15, -0.1) is 0 Å². The molecule has 0 spiro atoms. The Morgan fingerprint density at radius 2 is 2.15 bits per heavy atom.